The second-order valence-electron chi connectivity index (χ2n) is 20.5. The van der Waals surface area contributed by atoms with Crippen LogP contribution in [0.15, 0.2) is 0 Å². The maximum Gasteiger partial charge on any atom is 0.305 e. The van der Waals surface area contributed by atoms with Gasteiger partial charge in [-0.3, -0.25) is 24.1 Å². The lowest BCUT2D eigenvalue weighted by Crippen LogP contribution is -2.25. The lowest BCUT2D eigenvalue weighted by atomic mass is 9.84. The van der Waals surface area contributed by atoms with E-state index in [1.807, 2.05) is 6.92 Å². The van der Waals surface area contributed by atoms with Gasteiger partial charge in [0.15, 0.2) is 0 Å². The maximum absolute atomic E-state index is 12.7. The highest BCUT2D eigenvalue weighted by molar-refractivity contribution is 5.80. The number of ketones is 1. The van der Waals surface area contributed by atoms with E-state index in [0.29, 0.717) is 38.3 Å². The summed E-state index contributed by atoms with van der Waals surface area (Å²) in [7, 11) is 0. The molecule has 2 atom stereocenters. The van der Waals surface area contributed by atoms with E-state index in [1.165, 1.54) is 173 Å². The molecule has 0 saturated carbocycles. The molecule has 68 heavy (non-hydrogen) atoms. The Balaban J connectivity index is 0. The zero-order valence-corrected chi connectivity index (χ0v) is 46.6. The van der Waals surface area contributed by atoms with Gasteiger partial charge in [-0.25, -0.2) is 0 Å². The highest BCUT2D eigenvalue weighted by atomic mass is 16.5. The SMILES string of the molecule is CCCCCCC.CCCCCCCCC(CCCCCCCC)CC(C)C(=O)CCCCCCCOC=O.CCCCCCCCCCCOC(=O)CCCCCN1CCC(OC(=O)CC)C1. The molecule has 0 amide bonds. The number of rotatable bonds is 48. The van der Waals surface area contributed by atoms with Crippen molar-refractivity contribution in [3.05, 3.63) is 0 Å². The third kappa shape index (κ3) is 50.4. The molecular formula is C60H117NO7. The summed E-state index contributed by atoms with van der Waals surface area (Å²) in [6.45, 7) is 19.8. The standard InChI is InChI=1S/C29H56O3.C24H45NO4.C7H16/c1-4-6-8-10-13-17-21-28(22-18-14-11-9-7-5-2)25-27(3)29(31)23-19-15-12-16-20-24-32-26-30;1-3-5-6-7-8-9-10-11-15-20-28-24(27)16-13-12-14-18-25-19-17-22(21-25)29-23(26)4-2;1-3-5-7-6-4-2/h26-28H,4-25H2,1-3H3;22H,3-21H2,1-2H3;3-7H2,1-2H3. The number of hydrogen-bond acceptors (Lipinski definition) is 8. The van der Waals surface area contributed by atoms with Crippen molar-refractivity contribution in [1.29, 1.82) is 0 Å². The minimum absolute atomic E-state index is 0.0442. The quantitative estimate of drug-likeness (QED) is 0.0257. The normalized spacial score (nSPS) is 13.9. The summed E-state index contributed by atoms with van der Waals surface area (Å²) in [5.41, 5.74) is 0. The third-order valence-corrected chi connectivity index (χ3v) is 13.8. The third-order valence-electron chi connectivity index (χ3n) is 13.8. The molecule has 8 nitrogen and oxygen atoms in total. The topological polar surface area (TPSA) is 99.2 Å². The molecule has 1 saturated heterocycles. The van der Waals surface area contributed by atoms with Crippen molar-refractivity contribution < 1.29 is 33.4 Å². The second kappa shape index (κ2) is 56.0. The monoisotopic (exact) mass is 964 g/mol. The largest absolute Gasteiger partial charge is 0.468 e. The van der Waals surface area contributed by atoms with Crippen LogP contribution in [-0.2, 0) is 33.4 Å². The summed E-state index contributed by atoms with van der Waals surface area (Å²) in [6.07, 6.45) is 49.6. The molecular weight excluding hydrogens is 847 g/mol. The number of carbonyl (C=O) groups excluding carboxylic acids is 4. The van der Waals surface area contributed by atoms with Crippen LogP contribution in [0.1, 0.15) is 312 Å². The first-order chi connectivity index (χ1) is 33.2. The zero-order valence-electron chi connectivity index (χ0n) is 46.6. The summed E-state index contributed by atoms with van der Waals surface area (Å²) >= 11 is 0. The molecule has 0 radical (unpaired) electrons. The van der Waals surface area contributed by atoms with Gasteiger partial charge < -0.3 is 14.2 Å². The first kappa shape index (κ1) is 68.1. The van der Waals surface area contributed by atoms with Gasteiger partial charge in [0, 0.05) is 38.3 Å². The molecule has 0 aliphatic carbocycles. The second-order valence-corrected chi connectivity index (χ2v) is 20.5. The number of ether oxygens (including phenoxy) is 3. The first-order valence-corrected chi connectivity index (χ1v) is 29.9. The van der Waals surface area contributed by atoms with Crippen LogP contribution in [-0.4, -0.2) is 68.0 Å². The Labute approximate surface area is 423 Å². The zero-order chi connectivity index (χ0) is 50.4. The van der Waals surface area contributed by atoms with E-state index in [9.17, 15) is 19.2 Å². The highest BCUT2D eigenvalue weighted by Gasteiger charge is 2.24. The molecule has 0 spiro atoms. The van der Waals surface area contributed by atoms with Crippen molar-refractivity contribution >= 4 is 24.2 Å². The Morgan fingerprint density at radius 2 is 0.941 bits per heavy atom. The van der Waals surface area contributed by atoms with E-state index in [0.717, 1.165) is 103 Å². The fraction of sp³-hybridized carbons (Fsp3) is 0.933. The molecule has 1 aliphatic heterocycles. The summed E-state index contributed by atoms with van der Waals surface area (Å²) in [5.74, 6) is 1.30. The lowest BCUT2D eigenvalue weighted by molar-refractivity contribution is -0.148. The molecule has 2 unspecified atom stereocenters. The molecule has 8 heteroatoms. The van der Waals surface area contributed by atoms with Gasteiger partial charge >= 0.3 is 11.9 Å². The van der Waals surface area contributed by atoms with Crippen molar-refractivity contribution in [2.24, 2.45) is 11.8 Å². The fourth-order valence-electron chi connectivity index (χ4n) is 9.24. The van der Waals surface area contributed by atoms with Crippen LogP contribution in [0.2, 0.25) is 0 Å². The molecule has 404 valence electrons. The molecule has 0 aromatic heterocycles. The number of likely N-dealkylation sites (tertiary alicyclic amines) is 1. The highest BCUT2D eigenvalue weighted by Crippen LogP contribution is 2.27. The smallest absolute Gasteiger partial charge is 0.305 e. The van der Waals surface area contributed by atoms with Crippen LogP contribution in [0.5, 0.6) is 0 Å². The van der Waals surface area contributed by atoms with E-state index in [4.69, 9.17) is 14.2 Å². The molecule has 1 rings (SSSR count). The van der Waals surface area contributed by atoms with Gasteiger partial charge in [-0.15, -0.1) is 0 Å². The average Bonchev–Trinajstić information content (AvgIpc) is 3.79. The van der Waals surface area contributed by atoms with Crippen molar-refractivity contribution in [2.45, 2.75) is 318 Å². The predicted octanol–water partition coefficient (Wildman–Crippen LogP) is 17.8. The van der Waals surface area contributed by atoms with Gasteiger partial charge in [0.2, 0.25) is 0 Å². The Morgan fingerprint density at radius 3 is 1.44 bits per heavy atom. The van der Waals surface area contributed by atoms with E-state index < -0.39 is 0 Å². The van der Waals surface area contributed by atoms with Gasteiger partial charge in [-0.05, 0) is 57.4 Å². The van der Waals surface area contributed by atoms with E-state index in [1.54, 1.807) is 0 Å². The number of esters is 2. The Morgan fingerprint density at radius 1 is 0.515 bits per heavy atom. The summed E-state index contributed by atoms with van der Waals surface area (Å²) in [6, 6.07) is 0. The molecule has 1 heterocycles. The minimum Gasteiger partial charge on any atom is -0.468 e. The number of carbonyl (C=O) groups is 4. The average molecular weight is 965 g/mol. The summed E-state index contributed by atoms with van der Waals surface area (Å²) in [4.78, 5) is 48.3. The number of unbranched alkanes of at least 4 members (excludes halogenated alkanes) is 28. The van der Waals surface area contributed by atoms with Crippen LogP contribution in [0.3, 0.4) is 0 Å². The van der Waals surface area contributed by atoms with Gasteiger partial charge in [-0.2, -0.15) is 0 Å². The Kier molecular flexibility index (Phi) is 56.1. The number of Topliss-reactive ketones (excluding diaryl/α,β-unsaturated/α-hetero) is 1. The summed E-state index contributed by atoms with van der Waals surface area (Å²) < 4.78 is 15.5. The lowest BCUT2D eigenvalue weighted by Gasteiger charge is -2.21. The van der Waals surface area contributed by atoms with Gasteiger partial charge in [0.25, 0.3) is 6.47 Å². The maximum atomic E-state index is 12.7. The van der Waals surface area contributed by atoms with Crippen LogP contribution in [0.25, 0.3) is 0 Å². The predicted molar refractivity (Wildman–Crippen MR) is 290 cm³/mol. The van der Waals surface area contributed by atoms with Gasteiger partial charge in [-0.1, -0.05) is 248 Å². The molecule has 1 fully saturated rings. The van der Waals surface area contributed by atoms with Crippen molar-refractivity contribution in [1.82, 2.24) is 4.90 Å². The molecule has 0 N–H and O–H groups in total. The molecule has 0 aromatic rings. The van der Waals surface area contributed by atoms with Crippen LogP contribution < -0.4 is 0 Å². The van der Waals surface area contributed by atoms with Crippen LogP contribution in [0.4, 0.5) is 0 Å². The van der Waals surface area contributed by atoms with Crippen molar-refractivity contribution in [3.63, 3.8) is 0 Å². The molecule has 0 bridgehead atoms. The molecule has 1 aliphatic rings. The van der Waals surface area contributed by atoms with Crippen LogP contribution >= 0.6 is 0 Å². The number of hydrogen-bond donors (Lipinski definition) is 0. The van der Waals surface area contributed by atoms with Crippen molar-refractivity contribution in [2.75, 3.05) is 32.8 Å². The van der Waals surface area contributed by atoms with E-state index >= 15 is 0 Å². The summed E-state index contributed by atoms with van der Waals surface area (Å²) in [5, 5.41) is 0. The Bertz CT molecular complexity index is 1050. The van der Waals surface area contributed by atoms with Gasteiger partial charge in [0.1, 0.15) is 11.9 Å². The van der Waals surface area contributed by atoms with Crippen molar-refractivity contribution in [3.8, 4) is 0 Å². The molecule has 0 aromatic carbocycles. The first-order valence-electron chi connectivity index (χ1n) is 29.9. The number of nitrogens with zero attached hydrogens (tertiary/aromatic N) is 1. The van der Waals surface area contributed by atoms with E-state index in [-0.39, 0.29) is 24.0 Å². The fourth-order valence-corrected chi connectivity index (χ4v) is 9.24. The van der Waals surface area contributed by atoms with Crippen LogP contribution in [0, 0.1) is 11.8 Å². The Hall–Kier alpha value is -1.96. The van der Waals surface area contributed by atoms with Gasteiger partial charge in [0.05, 0.1) is 13.2 Å². The van der Waals surface area contributed by atoms with E-state index in [2.05, 4.69) is 46.4 Å². The minimum atomic E-state index is -0.0993.